The summed E-state index contributed by atoms with van der Waals surface area (Å²) in [4.78, 5) is 25.6. The summed E-state index contributed by atoms with van der Waals surface area (Å²) in [7, 11) is -5.39. The highest BCUT2D eigenvalue weighted by atomic mass is 31.2. The molecule has 0 fully saturated rings. The van der Waals surface area contributed by atoms with Crippen molar-refractivity contribution in [3.05, 3.63) is 0 Å². The summed E-state index contributed by atoms with van der Waals surface area (Å²) in [6, 6.07) is 0. The molecule has 0 heterocycles. The fraction of sp³-hybridized carbons (Fsp3) is 1.00. The van der Waals surface area contributed by atoms with Gasteiger partial charge in [0.15, 0.2) is 0 Å². The molecule has 0 aliphatic carbocycles. The van der Waals surface area contributed by atoms with Gasteiger partial charge < -0.3 is 30.7 Å². The molecule has 6 N–H and O–H groups in total. The van der Waals surface area contributed by atoms with Gasteiger partial charge in [-0.15, -0.1) is 0 Å². The maximum Gasteiger partial charge on any atom is 0.124 e. The van der Waals surface area contributed by atoms with E-state index in [4.69, 9.17) is 19.2 Å². The van der Waals surface area contributed by atoms with Crippen molar-refractivity contribution in [2.24, 2.45) is 0 Å². The van der Waals surface area contributed by atoms with Gasteiger partial charge in [-0.2, -0.15) is 7.82 Å². The van der Waals surface area contributed by atoms with Crippen molar-refractivity contribution in [3.8, 4) is 0 Å². The summed E-state index contributed by atoms with van der Waals surface area (Å²) < 4.78 is 8.55. The van der Waals surface area contributed by atoms with E-state index in [1.54, 1.807) is 0 Å². The zero-order chi connectivity index (χ0) is 7.91. The molecular formula is C2H10N2O4P-. The first-order valence-electron chi connectivity index (χ1n) is 2.23. The topological polar surface area (TPSA) is 142 Å². The normalized spacial score (nSPS) is 9.89. The highest BCUT2D eigenvalue weighted by Crippen LogP contribution is 2.03. The minimum absolute atomic E-state index is 0.958. The molecule has 0 unspecified atom stereocenters. The molecule has 0 aromatic rings. The number of hydrogen-bond donors (Lipinski definition) is 2. The van der Waals surface area contributed by atoms with Gasteiger partial charge in [0.05, 0.1) is 0 Å². The van der Waals surface area contributed by atoms with Gasteiger partial charge in [0.1, 0.15) is 13.1 Å². The van der Waals surface area contributed by atoms with Crippen LogP contribution in [-0.2, 0) is 4.57 Å². The van der Waals surface area contributed by atoms with Gasteiger partial charge in [0.2, 0.25) is 0 Å². The third-order valence-electron chi connectivity index (χ3n) is 0.250. The predicted molar refractivity (Wildman–Crippen MR) is 23.1 cm³/mol. The van der Waals surface area contributed by atoms with Crippen LogP contribution in [-0.4, -0.2) is 13.1 Å². The Morgan fingerprint density at radius 2 is 1.22 bits per heavy atom. The molecule has 0 spiro atoms. The van der Waals surface area contributed by atoms with Crippen LogP contribution in [0.3, 0.4) is 0 Å². The van der Waals surface area contributed by atoms with Gasteiger partial charge in [0, 0.05) is 0 Å². The van der Waals surface area contributed by atoms with Gasteiger partial charge in [0.25, 0.3) is 0 Å². The van der Waals surface area contributed by atoms with Crippen LogP contribution in [0.25, 0.3) is 0 Å². The second kappa shape index (κ2) is 6.15. The monoisotopic (exact) mass is 157 g/mol. The van der Waals surface area contributed by atoms with E-state index >= 15 is 0 Å². The Balaban J connectivity index is 0. The summed E-state index contributed by atoms with van der Waals surface area (Å²) in [5.74, 6) is 0. The van der Waals surface area contributed by atoms with Crippen molar-refractivity contribution < 1.29 is 30.7 Å². The maximum absolute atomic E-state index is 8.55. The second-order valence-corrected chi connectivity index (χ2v) is 2.05. The van der Waals surface area contributed by atoms with E-state index in [0.29, 0.717) is 0 Å². The van der Waals surface area contributed by atoms with E-state index in [1.807, 2.05) is 0 Å². The fourth-order valence-electron chi connectivity index (χ4n) is 0. The molecule has 0 amide bonds. The predicted octanol–water partition coefficient (Wildman–Crippen LogP) is -5.35. The first kappa shape index (κ1) is 11.8. The van der Waals surface area contributed by atoms with Crippen LogP contribution >= 0.6 is 7.82 Å². The first-order chi connectivity index (χ1) is 3.91. The molecule has 6 nitrogen and oxygen atoms in total. The molecule has 0 saturated carbocycles. The van der Waals surface area contributed by atoms with Gasteiger partial charge in [-0.1, -0.05) is 0 Å². The molecule has 0 atom stereocenters. The molecule has 7 heteroatoms. The summed E-state index contributed by atoms with van der Waals surface area (Å²) in [5, 5.41) is 0. The van der Waals surface area contributed by atoms with Crippen LogP contribution in [0.1, 0.15) is 0 Å². The number of hydrogen-bond acceptors (Lipinski definition) is 4. The zero-order valence-corrected chi connectivity index (χ0v) is 5.80. The van der Waals surface area contributed by atoms with E-state index in [9.17, 15) is 0 Å². The van der Waals surface area contributed by atoms with Crippen molar-refractivity contribution in [2.45, 2.75) is 0 Å². The Morgan fingerprint density at radius 1 is 1.11 bits per heavy atom. The SMILES string of the molecule is O=P([O-])([O-])[O-].[NH3+]CC[NH3+]. The maximum atomic E-state index is 8.55. The molecule has 0 bridgehead atoms. The molecule has 0 saturated heterocycles. The van der Waals surface area contributed by atoms with Gasteiger partial charge in [-0.05, 0) is 0 Å². The summed E-state index contributed by atoms with van der Waals surface area (Å²) >= 11 is 0. The lowest BCUT2D eigenvalue weighted by Gasteiger charge is -2.36. The minimum Gasteiger partial charge on any atom is -0.822 e. The van der Waals surface area contributed by atoms with Crippen LogP contribution in [0.2, 0.25) is 0 Å². The largest absolute Gasteiger partial charge is 0.822 e. The van der Waals surface area contributed by atoms with Gasteiger partial charge >= 0.3 is 0 Å². The average Bonchev–Trinajstić information content (AvgIpc) is 1.61. The smallest absolute Gasteiger partial charge is 0.124 e. The Labute approximate surface area is 52.7 Å². The highest BCUT2D eigenvalue weighted by molar-refractivity contribution is 7.40. The third kappa shape index (κ3) is 275. The summed E-state index contributed by atoms with van der Waals surface area (Å²) in [6.45, 7) is 1.92. The fourth-order valence-corrected chi connectivity index (χ4v) is 0. The zero-order valence-electron chi connectivity index (χ0n) is 4.91. The molecule has 0 aromatic carbocycles. The molecule has 58 valence electrons. The van der Waals surface area contributed by atoms with Crippen molar-refractivity contribution in [3.63, 3.8) is 0 Å². The van der Waals surface area contributed by atoms with Crippen LogP contribution < -0.4 is 26.1 Å². The Kier molecular flexibility index (Phi) is 8.06. The lowest BCUT2D eigenvalue weighted by molar-refractivity contribution is -0.453. The highest BCUT2D eigenvalue weighted by Gasteiger charge is 1.63. The van der Waals surface area contributed by atoms with Crippen LogP contribution in [0, 0.1) is 0 Å². The van der Waals surface area contributed by atoms with E-state index in [0.717, 1.165) is 13.1 Å². The summed E-state index contributed by atoms with van der Waals surface area (Å²) in [5.41, 5.74) is 7.08. The molecule has 0 aromatic heterocycles. The molecule has 0 aliphatic rings. The van der Waals surface area contributed by atoms with E-state index in [1.165, 1.54) is 0 Å². The van der Waals surface area contributed by atoms with Crippen LogP contribution in [0.15, 0.2) is 0 Å². The quantitative estimate of drug-likeness (QED) is 0.366. The van der Waals surface area contributed by atoms with Gasteiger partial charge in [-0.25, -0.2) is 0 Å². The Bertz CT molecular complexity index is 80.3. The van der Waals surface area contributed by atoms with E-state index in [2.05, 4.69) is 11.5 Å². The number of quaternary nitrogens is 2. The van der Waals surface area contributed by atoms with Gasteiger partial charge in [-0.3, -0.25) is 0 Å². The minimum atomic E-state index is -5.39. The number of rotatable bonds is 1. The molecule has 9 heavy (non-hydrogen) atoms. The average molecular weight is 157 g/mol. The Hall–Kier alpha value is 0.0300. The summed E-state index contributed by atoms with van der Waals surface area (Å²) in [6.07, 6.45) is 0. The molecule has 0 aliphatic heterocycles. The van der Waals surface area contributed by atoms with Crippen LogP contribution in [0.4, 0.5) is 0 Å². The third-order valence-corrected chi connectivity index (χ3v) is 0.250. The first-order valence-corrected chi connectivity index (χ1v) is 3.69. The second-order valence-electron chi connectivity index (χ2n) is 1.15. The van der Waals surface area contributed by atoms with Crippen LogP contribution in [0.5, 0.6) is 0 Å². The Morgan fingerprint density at radius 3 is 1.22 bits per heavy atom. The van der Waals surface area contributed by atoms with Crippen molar-refractivity contribution in [1.82, 2.24) is 0 Å². The molecule has 0 radical (unpaired) electrons. The van der Waals surface area contributed by atoms with E-state index < -0.39 is 7.82 Å². The lowest BCUT2D eigenvalue weighted by atomic mass is 10.7. The van der Waals surface area contributed by atoms with Crippen molar-refractivity contribution in [1.29, 1.82) is 0 Å². The van der Waals surface area contributed by atoms with Crippen molar-refractivity contribution in [2.75, 3.05) is 13.1 Å². The van der Waals surface area contributed by atoms with E-state index in [-0.39, 0.29) is 0 Å². The lowest BCUT2D eigenvalue weighted by Crippen LogP contribution is -2.64. The molecule has 0 rings (SSSR count). The standard InChI is InChI=1S/C2H8N2.H3O4P/c3-1-2-4;1-5(2,3)4/h1-4H2;(H3,1,2,3,4)/p-1. The number of phosphoric acid groups is 1. The molecular weight excluding hydrogens is 147 g/mol. The van der Waals surface area contributed by atoms with Crippen molar-refractivity contribution >= 4 is 7.82 Å².